The Labute approximate surface area is 157 Å². The van der Waals surface area contributed by atoms with Gasteiger partial charge in [0.1, 0.15) is 11.5 Å². The maximum Gasteiger partial charge on any atom is 0.269 e. The van der Waals surface area contributed by atoms with Crippen LogP contribution in [0.1, 0.15) is 12.5 Å². The first-order chi connectivity index (χ1) is 12.9. The molecule has 3 rings (SSSR count). The highest BCUT2D eigenvalue weighted by molar-refractivity contribution is 8.18. The standard InChI is InChI=1S/C18H13F2N3O3S/c1-2-22-17(24)16(9-11-3-6-13(7-4-11)23(25)26)27-18(22)21-15-8-5-12(19)10-14(15)20/h3-10H,2H2,1H3/b16-9+,21-18?. The summed E-state index contributed by atoms with van der Waals surface area (Å²) < 4.78 is 26.9. The van der Waals surface area contributed by atoms with Crippen LogP contribution < -0.4 is 0 Å². The lowest BCUT2D eigenvalue weighted by Crippen LogP contribution is -2.28. The van der Waals surface area contributed by atoms with Crippen molar-refractivity contribution in [3.8, 4) is 0 Å². The third-order valence-electron chi connectivity index (χ3n) is 3.73. The first kappa shape index (κ1) is 18.7. The molecule has 0 radical (unpaired) electrons. The summed E-state index contributed by atoms with van der Waals surface area (Å²) >= 11 is 1.06. The summed E-state index contributed by atoms with van der Waals surface area (Å²) in [5.74, 6) is -1.83. The molecule has 0 aliphatic carbocycles. The van der Waals surface area contributed by atoms with Crippen LogP contribution in [0.2, 0.25) is 0 Å². The SMILES string of the molecule is CCN1C(=O)/C(=C\c2ccc([N+](=O)[O-])cc2)SC1=Nc1ccc(F)cc1F. The zero-order chi connectivity index (χ0) is 19.6. The van der Waals surface area contributed by atoms with Gasteiger partial charge in [0, 0.05) is 24.7 Å². The Morgan fingerprint density at radius 3 is 2.52 bits per heavy atom. The van der Waals surface area contributed by atoms with Crippen molar-refractivity contribution in [2.45, 2.75) is 6.92 Å². The van der Waals surface area contributed by atoms with Crippen LogP contribution in [0.3, 0.4) is 0 Å². The van der Waals surface area contributed by atoms with Crippen molar-refractivity contribution in [2.24, 2.45) is 4.99 Å². The number of rotatable bonds is 4. The van der Waals surface area contributed by atoms with Gasteiger partial charge in [0.15, 0.2) is 11.0 Å². The minimum Gasteiger partial charge on any atom is -0.287 e. The lowest BCUT2D eigenvalue weighted by molar-refractivity contribution is -0.384. The Hall–Kier alpha value is -3.07. The number of amidine groups is 1. The molecule has 6 nitrogen and oxygen atoms in total. The van der Waals surface area contributed by atoms with E-state index >= 15 is 0 Å². The van der Waals surface area contributed by atoms with Crippen molar-refractivity contribution in [2.75, 3.05) is 6.54 Å². The zero-order valence-corrected chi connectivity index (χ0v) is 14.9. The lowest BCUT2D eigenvalue weighted by Gasteiger charge is -2.12. The van der Waals surface area contributed by atoms with Gasteiger partial charge in [-0.25, -0.2) is 13.8 Å². The van der Waals surface area contributed by atoms with E-state index in [1.165, 1.54) is 35.2 Å². The number of benzene rings is 2. The molecule has 138 valence electrons. The molecule has 0 spiro atoms. The van der Waals surface area contributed by atoms with Gasteiger partial charge < -0.3 is 0 Å². The third-order valence-corrected chi connectivity index (χ3v) is 4.74. The van der Waals surface area contributed by atoms with Gasteiger partial charge in [-0.1, -0.05) is 0 Å². The number of halogens is 2. The highest BCUT2D eigenvalue weighted by Crippen LogP contribution is 2.34. The van der Waals surface area contributed by atoms with Gasteiger partial charge in [0.2, 0.25) is 0 Å². The summed E-state index contributed by atoms with van der Waals surface area (Å²) in [6.07, 6.45) is 1.59. The van der Waals surface area contributed by atoms with Crippen molar-refractivity contribution in [1.82, 2.24) is 4.90 Å². The number of carbonyl (C=O) groups excluding carboxylic acids is 1. The number of nitrogens with zero attached hydrogens (tertiary/aromatic N) is 3. The highest BCUT2D eigenvalue weighted by Gasteiger charge is 2.32. The summed E-state index contributed by atoms with van der Waals surface area (Å²) in [6.45, 7) is 2.08. The molecule has 1 fully saturated rings. The summed E-state index contributed by atoms with van der Waals surface area (Å²) in [6, 6.07) is 8.77. The Balaban J connectivity index is 1.92. The number of carbonyl (C=O) groups is 1. The molecule has 1 saturated heterocycles. The van der Waals surface area contributed by atoms with Crippen molar-refractivity contribution < 1.29 is 18.5 Å². The second kappa shape index (κ2) is 7.67. The topological polar surface area (TPSA) is 75.8 Å². The molecule has 0 unspecified atom stereocenters. The number of hydrogen-bond acceptors (Lipinski definition) is 5. The van der Waals surface area contributed by atoms with E-state index in [9.17, 15) is 23.7 Å². The molecule has 2 aromatic rings. The largest absolute Gasteiger partial charge is 0.287 e. The van der Waals surface area contributed by atoms with Crippen LogP contribution in [0.25, 0.3) is 6.08 Å². The molecule has 27 heavy (non-hydrogen) atoms. The monoisotopic (exact) mass is 389 g/mol. The molecule has 1 aliphatic heterocycles. The van der Waals surface area contributed by atoms with Crippen LogP contribution in [0.15, 0.2) is 52.4 Å². The Morgan fingerprint density at radius 1 is 1.22 bits per heavy atom. The first-order valence-electron chi connectivity index (χ1n) is 7.88. The molecule has 1 aliphatic rings. The number of aliphatic imine (C=N–C) groups is 1. The fourth-order valence-electron chi connectivity index (χ4n) is 2.39. The molecule has 1 heterocycles. The van der Waals surface area contributed by atoms with E-state index in [1.807, 2.05) is 0 Å². The average Bonchev–Trinajstić information content (AvgIpc) is 2.92. The maximum absolute atomic E-state index is 13.8. The Kier molecular flexibility index (Phi) is 5.31. The number of amides is 1. The third kappa shape index (κ3) is 4.03. The number of nitro benzene ring substituents is 1. The van der Waals surface area contributed by atoms with Crippen LogP contribution >= 0.6 is 11.8 Å². The molecule has 0 saturated carbocycles. The zero-order valence-electron chi connectivity index (χ0n) is 14.1. The van der Waals surface area contributed by atoms with Crippen LogP contribution in [0, 0.1) is 21.7 Å². The van der Waals surface area contributed by atoms with Crippen molar-refractivity contribution in [1.29, 1.82) is 0 Å². The molecule has 1 amide bonds. The molecule has 0 bridgehead atoms. The summed E-state index contributed by atoms with van der Waals surface area (Å²) in [7, 11) is 0. The van der Waals surface area contributed by atoms with E-state index in [1.54, 1.807) is 13.0 Å². The molecular weight excluding hydrogens is 376 g/mol. The molecule has 0 N–H and O–H groups in total. The van der Waals surface area contributed by atoms with Gasteiger partial charge in [-0.3, -0.25) is 19.8 Å². The second-order valence-electron chi connectivity index (χ2n) is 5.50. The van der Waals surface area contributed by atoms with E-state index in [4.69, 9.17) is 0 Å². The van der Waals surface area contributed by atoms with Gasteiger partial charge in [-0.2, -0.15) is 0 Å². The molecule has 9 heteroatoms. The number of likely N-dealkylation sites (N-methyl/N-ethyl adjacent to an activating group) is 1. The first-order valence-corrected chi connectivity index (χ1v) is 8.70. The number of non-ortho nitro benzene ring substituents is 1. The quantitative estimate of drug-likeness (QED) is 0.438. The van der Waals surface area contributed by atoms with Gasteiger partial charge >= 0.3 is 0 Å². The molecule has 0 atom stereocenters. The second-order valence-corrected chi connectivity index (χ2v) is 6.51. The van der Waals surface area contributed by atoms with E-state index in [0.29, 0.717) is 17.0 Å². The van der Waals surface area contributed by atoms with Crippen LogP contribution in [-0.2, 0) is 4.79 Å². The van der Waals surface area contributed by atoms with E-state index < -0.39 is 16.6 Å². The molecule has 2 aromatic carbocycles. The summed E-state index contributed by atoms with van der Waals surface area (Å²) in [4.78, 5) is 28.6. The smallest absolute Gasteiger partial charge is 0.269 e. The Morgan fingerprint density at radius 2 is 1.93 bits per heavy atom. The molecule has 0 aromatic heterocycles. The maximum atomic E-state index is 13.8. The van der Waals surface area contributed by atoms with Gasteiger partial charge in [0.05, 0.1) is 9.83 Å². The average molecular weight is 389 g/mol. The van der Waals surface area contributed by atoms with Crippen molar-refractivity contribution in [3.05, 3.63) is 74.7 Å². The van der Waals surface area contributed by atoms with E-state index in [-0.39, 0.29) is 22.4 Å². The summed E-state index contributed by atoms with van der Waals surface area (Å²) in [5, 5.41) is 11.0. The van der Waals surface area contributed by atoms with Crippen LogP contribution in [0.4, 0.5) is 20.2 Å². The van der Waals surface area contributed by atoms with Crippen LogP contribution in [-0.4, -0.2) is 27.4 Å². The van der Waals surface area contributed by atoms with Crippen molar-refractivity contribution in [3.63, 3.8) is 0 Å². The van der Waals surface area contributed by atoms with Gasteiger partial charge in [-0.15, -0.1) is 0 Å². The summed E-state index contributed by atoms with van der Waals surface area (Å²) in [5.41, 5.74) is 0.496. The van der Waals surface area contributed by atoms with E-state index in [2.05, 4.69) is 4.99 Å². The lowest BCUT2D eigenvalue weighted by atomic mass is 10.2. The van der Waals surface area contributed by atoms with E-state index in [0.717, 1.165) is 23.9 Å². The molecular formula is C18H13F2N3O3S. The Bertz CT molecular complexity index is 974. The minimum atomic E-state index is -0.820. The predicted octanol–water partition coefficient (Wildman–Crippen LogP) is 4.50. The normalized spacial score (nSPS) is 17.1. The predicted molar refractivity (Wildman–Crippen MR) is 99.5 cm³/mol. The highest BCUT2D eigenvalue weighted by atomic mass is 32.2. The minimum absolute atomic E-state index is 0.0493. The van der Waals surface area contributed by atoms with Gasteiger partial charge in [-0.05, 0) is 54.6 Å². The van der Waals surface area contributed by atoms with Gasteiger partial charge in [0.25, 0.3) is 11.6 Å². The number of hydrogen-bond donors (Lipinski definition) is 0. The fourth-order valence-corrected chi connectivity index (χ4v) is 3.44. The number of thioether (sulfide) groups is 1. The fraction of sp³-hybridized carbons (Fsp3) is 0.111. The van der Waals surface area contributed by atoms with Crippen LogP contribution in [0.5, 0.6) is 0 Å². The number of nitro groups is 1. The van der Waals surface area contributed by atoms with Crippen molar-refractivity contribution >= 4 is 40.3 Å².